The van der Waals surface area contributed by atoms with E-state index < -0.39 is 0 Å². The lowest BCUT2D eigenvalue weighted by molar-refractivity contribution is 0.262. The zero-order chi connectivity index (χ0) is 16.2. The minimum Gasteiger partial charge on any atom is -0.482 e. The number of hydrogen-bond donors (Lipinski definition) is 0. The highest BCUT2D eigenvalue weighted by atomic mass is 16.5. The van der Waals surface area contributed by atoms with Gasteiger partial charge in [-0.05, 0) is 17.7 Å². The van der Waals surface area contributed by atoms with E-state index in [0.717, 1.165) is 16.5 Å². The second-order valence-corrected chi connectivity index (χ2v) is 5.37. The molecule has 0 radical (unpaired) electrons. The Kier molecular flexibility index (Phi) is 3.90. The van der Waals surface area contributed by atoms with Crippen LogP contribution < -0.4 is 4.74 Å². The standard InChI is InChI=1S/C19H15N3O2/c1-2-6-14(7-3-1)12-17-21-22-18(24-17)13-23-16-10-4-8-15-9-5-11-20-19(15)16/h1-11H,12-13H2. The number of para-hydroxylation sites is 1. The highest BCUT2D eigenvalue weighted by Crippen LogP contribution is 2.23. The van der Waals surface area contributed by atoms with Crippen molar-refractivity contribution in [3.8, 4) is 5.75 Å². The summed E-state index contributed by atoms with van der Waals surface area (Å²) in [7, 11) is 0. The van der Waals surface area contributed by atoms with Gasteiger partial charge in [0, 0.05) is 11.6 Å². The first-order valence-electron chi connectivity index (χ1n) is 7.70. The van der Waals surface area contributed by atoms with Gasteiger partial charge in [-0.2, -0.15) is 0 Å². The Hall–Kier alpha value is -3.21. The van der Waals surface area contributed by atoms with Crippen LogP contribution in [0.2, 0.25) is 0 Å². The molecule has 0 N–H and O–H groups in total. The Morgan fingerprint density at radius 3 is 2.58 bits per heavy atom. The summed E-state index contributed by atoms with van der Waals surface area (Å²) in [6.45, 7) is 0.220. The topological polar surface area (TPSA) is 61.0 Å². The van der Waals surface area contributed by atoms with Crippen molar-refractivity contribution in [3.05, 3.63) is 84.2 Å². The molecular formula is C19H15N3O2. The quantitative estimate of drug-likeness (QED) is 0.560. The lowest BCUT2D eigenvalue weighted by Gasteiger charge is -2.06. The summed E-state index contributed by atoms with van der Waals surface area (Å²) in [5.74, 6) is 1.74. The molecular weight excluding hydrogens is 302 g/mol. The number of hydrogen-bond acceptors (Lipinski definition) is 5. The average Bonchev–Trinajstić information content (AvgIpc) is 3.08. The van der Waals surface area contributed by atoms with E-state index in [4.69, 9.17) is 9.15 Å². The second kappa shape index (κ2) is 6.50. The van der Waals surface area contributed by atoms with Crippen molar-refractivity contribution in [3.63, 3.8) is 0 Å². The molecule has 0 saturated heterocycles. The number of benzene rings is 2. The molecule has 2 heterocycles. The van der Waals surface area contributed by atoms with Crippen molar-refractivity contribution in [2.24, 2.45) is 0 Å². The Morgan fingerprint density at radius 2 is 1.67 bits per heavy atom. The molecule has 0 aliphatic rings. The van der Waals surface area contributed by atoms with Gasteiger partial charge in [-0.15, -0.1) is 10.2 Å². The molecule has 0 aliphatic carbocycles. The molecule has 2 aromatic heterocycles. The van der Waals surface area contributed by atoms with Gasteiger partial charge in [-0.1, -0.05) is 48.5 Å². The van der Waals surface area contributed by atoms with Crippen molar-refractivity contribution in [2.45, 2.75) is 13.0 Å². The normalized spacial score (nSPS) is 10.8. The van der Waals surface area contributed by atoms with Crippen LogP contribution in [0.25, 0.3) is 10.9 Å². The molecule has 0 spiro atoms. The molecule has 4 rings (SSSR count). The SMILES string of the molecule is c1ccc(Cc2nnc(COc3cccc4cccnc34)o2)cc1. The van der Waals surface area contributed by atoms with Crippen LogP contribution in [0.4, 0.5) is 0 Å². The van der Waals surface area contributed by atoms with E-state index in [1.165, 1.54) is 0 Å². The summed E-state index contributed by atoms with van der Waals surface area (Å²) in [6, 6.07) is 19.7. The highest BCUT2D eigenvalue weighted by molar-refractivity contribution is 5.84. The monoisotopic (exact) mass is 317 g/mol. The predicted octanol–water partition coefficient (Wildman–Crippen LogP) is 3.79. The van der Waals surface area contributed by atoms with Gasteiger partial charge >= 0.3 is 0 Å². The van der Waals surface area contributed by atoms with E-state index in [1.54, 1.807) is 6.20 Å². The van der Waals surface area contributed by atoms with Crippen LogP contribution in [0, 0.1) is 0 Å². The molecule has 4 aromatic rings. The van der Waals surface area contributed by atoms with E-state index in [9.17, 15) is 0 Å². The van der Waals surface area contributed by atoms with Gasteiger partial charge in [0.1, 0.15) is 11.3 Å². The maximum atomic E-state index is 5.81. The Balaban J connectivity index is 1.46. The fourth-order valence-electron chi connectivity index (χ4n) is 2.52. The number of fused-ring (bicyclic) bond motifs is 1. The Bertz CT molecular complexity index is 946. The third-order valence-electron chi connectivity index (χ3n) is 3.65. The fourth-order valence-corrected chi connectivity index (χ4v) is 2.52. The summed E-state index contributed by atoms with van der Waals surface area (Å²) in [4.78, 5) is 4.36. The zero-order valence-corrected chi connectivity index (χ0v) is 12.9. The number of rotatable bonds is 5. The smallest absolute Gasteiger partial charge is 0.253 e. The van der Waals surface area contributed by atoms with Gasteiger partial charge in [-0.25, -0.2) is 0 Å². The molecule has 0 fully saturated rings. The van der Waals surface area contributed by atoms with Crippen LogP contribution in [-0.2, 0) is 13.0 Å². The van der Waals surface area contributed by atoms with Crippen LogP contribution in [0.3, 0.4) is 0 Å². The number of pyridine rings is 1. The zero-order valence-electron chi connectivity index (χ0n) is 12.9. The molecule has 0 aliphatic heterocycles. The number of ether oxygens (including phenoxy) is 1. The van der Waals surface area contributed by atoms with Crippen LogP contribution in [0.15, 0.2) is 71.3 Å². The molecule has 5 heteroatoms. The van der Waals surface area contributed by atoms with Crippen LogP contribution in [-0.4, -0.2) is 15.2 Å². The molecule has 0 unspecified atom stereocenters. The van der Waals surface area contributed by atoms with Gasteiger partial charge in [0.15, 0.2) is 6.61 Å². The van der Waals surface area contributed by atoms with Crippen molar-refractivity contribution in [2.75, 3.05) is 0 Å². The van der Waals surface area contributed by atoms with Crippen LogP contribution in [0.1, 0.15) is 17.3 Å². The average molecular weight is 317 g/mol. The van der Waals surface area contributed by atoms with Gasteiger partial charge in [0.25, 0.3) is 5.89 Å². The van der Waals surface area contributed by atoms with Gasteiger partial charge in [0.05, 0.1) is 6.42 Å². The molecule has 2 aromatic carbocycles. The first kappa shape index (κ1) is 14.4. The maximum absolute atomic E-state index is 5.81. The Morgan fingerprint density at radius 1 is 0.833 bits per heavy atom. The molecule has 0 amide bonds. The fraction of sp³-hybridized carbons (Fsp3) is 0.105. The van der Waals surface area contributed by atoms with Crippen molar-refractivity contribution < 1.29 is 9.15 Å². The van der Waals surface area contributed by atoms with Crippen molar-refractivity contribution in [1.29, 1.82) is 0 Å². The first-order valence-corrected chi connectivity index (χ1v) is 7.70. The van der Waals surface area contributed by atoms with E-state index >= 15 is 0 Å². The van der Waals surface area contributed by atoms with Crippen LogP contribution >= 0.6 is 0 Å². The van der Waals surface area contributed by atoms with Crippen molar-refractivity contribution >= 4 is 10.9 Å². The molecule has 0 bridgehead atoms. The van der Waals surface area contributed by atoms with Gasteiger partial charge < -0.3 is 9.15 Å². The number of nitrogens with zero attached hydrogens (tertiary/aromatic N) is 3. The predicted molar refractivity (Wildman–Crippen MR) is 89.6 cm³/mol. The van der Waals surface area contributed by atoms with E-state index in [0.29, 0.717) is 24.0 Å². The molecule has 118 valence electrons. The van der Waals surface area contributed by atoms with Gasteiger partial charge in [-0.3, -0.25) is 4.98 Å². The first-order chi connectivity index (χ1) is 11.9. The Labute approximate surface area is 138 Å². The lowest BCUT2D eigenvalue weighted by atomic mass is 10.2. The summed E-state index contributed by atoms with van der Waals surface area (Å²) < 4.78 is 11.5. The van der Waals surface area contributed by atoms with E-state index in [1.807, 2.05) is 60.7 Å². The van der Waals surface area contributed by atoms with E-state index in [-0.39, 0.29) is 6.61 Å². The largest absolute Gasteiger partial charge is 0.482 e. The van der Waals surface area contributed by atoms with Gasteiger partial charge in [0.2, 0.25) is 5.89 Å². The third kappa shape index (κ3) is 3.10. The minimum atomic E-state index is 0.220. The summed E-state index contributed by atoms with van der Waals surface area (Å²) >= 11 is 0. The number of aromatic nitrogens is 3. The van der Waals surface area contributed by atoms with E-state index in [2.05, 4.69) is 15.2 Å². The third-order valence-corrected chi connectivity index (χ3v) is 3.65. The summed E-state index contributed by atoms with van der Waals surface area (Å²) in [5.41, 5.74) is 1.95. The lowest BCUT2D eigenvalue weighted by Crippen LogP contribution is -1.97. The molecule has 24 heavy (non-hydrogen) atoms. The molecule has 0 saturated carbocycles. The molecule has 0 atom stereocenters. The van der Waals surface area contributed by atoms with Crippen LogP contribution in [0.5, 0.6) is 5.75 Å². The highest BCUT2D eigenvalue weighted by Gasteiger charge is 2.09. The van der Waals surface area contributed by atoms with Crippen molar-refractivity contribution in [1.82, 2.24) is 15.2 Å². The minimum absolute atomic E-state index is 0.220. The summed E-state index contributed by atoms with van der Waals surface area (Å²) in [6.07, 6.45) is 2.36. The maximum Gasteiger partial charge on any atom is 0.253 e. The summed E-state index contributed by atoms with van der Waals surface area (Å²) in [5, 5.41) is 9.15. The molecule has 5 nitrogen and oxygen atoms in total. The second-order valence-electron chi connectivity index (χ2n) is 5.37.